The second-order valence-corrected chi connectivity index (χ2v) is 7.95. The van der Waals surface area contributed by atoms with Crippen molar-refractivity contribution in [1.29, 1.82) is 0 Å². The molecule has 0 amide bonds. The second-order valence-electron chi connectivity index (χ2n) is 7.95. The molecule has 20 heavy (non-hydrogen) atoms. The Morgan fingerprint density at radius 1 is 1.15 bits per heavy atom. The third kappa shape index (κ3) is 4.21. The Bertz CT molecular complexity index is 281. The van der Waals surface area contributed by atoms with Crippen molar-refractivity contribution in [3.05, 3.63) is 0 Å². The molecule has 0 bridgehead atoms. The fourth-order valence-corrected chi connectivity index (χ4v) is 4.12. The number of hydrogen-bond acceptors (Lipinski definition) is 2. The average molecular weight is 280 g/mol. The van der Waals surface area contributed by atoms with Crippen LogP contribution in [-0.2, 0) is 0 Å². The first kappa shape index (κ1) is 16.3. The quantitative estimate of drug-likeness (QED) is 0.817. The van der Waals surface area contributed by atoms with Gasteiger partial charge in [-0.2, -0.15) is 0 Å². The van der Waals surface area contributed by atoms with E-state index in [0.717, 1.165) is 17.9 Å². The van der Waals surface area contributed by atoms with Gasteiger partial charge in [-0.15, -0.1) is 0 Å². The molecule has 0 aromatic carbocycles. The highest BCUT2D eigenvalue weighted by Crippen LogP contribution is 2.33. The van der Waals surface area contributed by atoms with Gasteiger partial charge in [0, 0.05) is 31.2 Å². The number of rotatable bonds is 5. The molecule has 0 aromatic heterocycles. The van der Waals surface area contributed by atoms with Crippen LogP contribution in [0.1, 0.15) is 72.6 Å². The minimum absolute atomic E-state index is 0.458. The van der Waals surface area contributed by atoms with Gasteiger partial charge in [-0.05, 0) is 31.1 Å². The zero-order chi connectivity index (χ0) is 14.6. The molecule has 2 nitrogen and oxygen atoms in total. The van der Waals surface area contributed by atoms with Gasteiger partial charge in [-0.1, -0.05) is 53.4 Å². The first-order valence-corrected chi connectivity index (χ1v) is 9.04. The minimum Gasteiger partial charge on any atom is -0.308 e. The van der Waals surface area contributed by atoms with Crippen LogP contribution in [0, 0.1) is 11.8 Å². The summed E-state index contributed by atoms with van der Waals surface area (Å²) in [7, 11) is 0. The summed E-state index contributed by atoms with van der Waals surface area (Å²) in [6.07, 6.45) is 9.77. The smallest absolute Gasteiger partial charge is 0.0309 e. The van der Waals surface area contributed by atoms with Gasteiger partial charge in [0.25, 0.3) is 0 Å². The Kier molecular flexibility index (Phi) is 5.92. The van der Waals surface area contributed by atoms with Crippen LogP contribution in [-0.4, -0.2) is 36.1 Å². The van der Waals surface area contributed by atoms with Gasteiger partial charge in [0.1, 0.15) is 0 Å². The van der Waals surface area contributed by atoms with Crippen molar-refractivity contribution >= 4 is 0 Å². The summed E-state index contributed by atoms with van der Waals surface area (Å²) in [5, 5.41) is 3.97. The largest absolute Gasteiger partial charge is 0.308 e. The predicted molar refractivity (Wildman–Crippen MR) is 88.1 cm³/mol. The normalized spacial score (nSPS) is 28.9. The van der Waals surface area contributed by atoms with Crippen molar-refractivity contribution in [2.45, 2.75) is 84.2 Å². The maximum atomic E-state index is 3.97. The molecule has 0 aromatic rings. The van der Waals surface area contributed by atoms with Crippen LogP contribution < -0.4 is 5.32 Å². The summed E-state index contributed by atoms with van der Waals surface area (Å²) in [5.41, 5.74) is 0.458. The highest BCUT2D eigenvalue weighted by molar-refractivity contribution is 5.00. The summed E-state index contributed by atoms with van der Waals surface area (Å²) in [6, 6.07) is 0.761. The molecule has 2 atom stereocenters. The lowest BCUT2D eigenvalue weighted by Gasteiger charge is -2.50. The molecule has 1 N–H and O–H groups in total. The summed E-state index contributed by atoms with van der Waals surface area (Å²) >= 11 is 0. The molecule has 1 aliphatic heterocycles. The summed E-state index contributed by atoms with van der Waals surface area (Å²) in [5.74, 6) is 1.64. The maximum Gasteiger partial charge on any atom is 0.0309 e. The Morgan fingerprint density at radius 2 is 1.85 bits per heavy atom. The number of nitrogens with zero attached hydrogens (tertiary/aromatic N) is 1. The van der Waals surface area contributed by atoms with E-state index in [2.05, 4.69) is 37.9 Å². The number of hydrogen-bond donors (Lipinski definition) is 1. The lowest BCUT2D eigenvalue weighted by Crippen LogP contribution is -2.65. The van der Waals surface area contributed by atoms with E-state index in [-0.39, 0.29) is 0 Å². The summed E-state index contributed by atoms with van der Waals surface area (Å²) < 4.78 is 0. The Hall–Kier alpha value is -0.0800. The molecular weight excluding hydrogens is 244 g/mol. The molecular formula is C18H36N2. The zero-order valence-corrected chi connectivity index (χ0v) is 14.3. The van der Waals surface area contributed by atoms with Gasteiger partial charge in [-0.25, -0.2) is 0 Å². The van der Waals surface area contributed by atoms with Crippen LogP contribution >= 0.6 is 0 Å². The van der Waals surface area contributed by atoms with Gasteiger partial charge in [-0.3, -0.25) is 4.90 Å². The van der Waals surface area contributed by atoms with Gasteiger partial charge in [0.05, 0.1) is 0 Å². The summed E-state index contributed by atoms with van der Waals surface area (Å²) in [6.45, 7) is 13.3. The Labute approximate surface area is 126 Å². The first-order valence-electron chi connectivity index (χ1n) is 9.04. The molecule has 1 heterocycles. The molecule has 2 fully saturated rings. The molecule has 1 aliphatic carbocycles. The molecule has 2 heteroatoms. The molecule has 0 radical (unpaired) electrons. The fourth-order valence-electron chi connectivity index (χ4n) is 4.12. The van der Waals surface area contributed by atoms with E-state index in [1.165, 1.54) is 64.6 Å². The SMILES string of the molecule is CCC(C)CN1CC2(CCCCC2)NCC1CC(C)C. The van der Waals surface area contributed by atoms with E-state index in [4.69, 9.17) is 0 Å². The van der Waals surface area contributed by atoms with Crippen LogP contribution in [0.2, 0.25) is 0 Å². The maximum absolute atomic E-state index is 3.97. The van der Waals surface area contributed by atoms with Crippen LogP contribution in [0.3, 0.4) is 0 Å². The molecule has 118 valence electrons. The van der Waals surface area contributed by atoms with Crippen LogP contribution in [0.5, 0.6) is 0 Å². The highest BCUT2D eigenvalue weighted by Gasteiger charge is 2.39. The van der Waals surface area contributed by atoms with E-state index in [0.29, 0.717) is 5.54 Å². The standard InChI is InChI=1S/C18H36N2/c1-5-16(4)13-20-14-18(9-7-6-8-10-18)19-12-17(20)11-15(2)3/h15-17,19H,5-14H2,1-4H3. The predicted octanol–water partition coefficient (Wildman–Crippen LogP) is 4.06. The van der Waals surface area contributed by atoms with E-state index >= 15 is 0 Å². The molecule has 2 unspecified atom stereocenters. The van der Waals surface area contributed by atoms with E-state index in [1.807, 2.05) is 0 Å². The van der Waals surface area contributed by atoms with Gasteiger partial charge >= 0.3 is 0 Å². The van der Waals surface area contributed by atoms with Crippen LogP contribution in [0.25, 0.3) is 0 Å². The highest BCUT2D eigenvalue weighted by atomic mass is 15.3. The molecule has 2 rings (SSSR count). The van der Waals surface area contributed by atoms with E-state index in [1.54, 1.807) is 0 Å². The number of piperazine rings is 1. The minimum atomic E-state index is 0.458. The average Bonchev–Trinajstić information content (AvgIpc) is 2.42. The third-order valence-electron chi connectivity index (χ3n) is 5.53. The fraction of sp³-hybridized carbons (Fsp3) is 1.00. The molecule has 1 saturated carbocycles. The Morgan fingerprint density at radius 3 is 2.45 bits per heavy atom. The van der Waals surface area contributed by atoms with Crippen molar-refractivity contribution in [2.24, 2.45) is 11.8 Å². The lowest BCUT2D eigenvalue weighted by atomic mass is 9.78. The van der Waals surface area contributed by atoms with Crippen molar-refractivity contribution in [1.82, 2.24) is 10.2 Å². The van der Waals surface area contributed by atoms with Crippen LogP contribution in [0.4, 0.5) is 0 Å². The third-order valence-corrected chi connectivity index (χ3v) is 5.53. The van der Waals surface area contributed by atoms with Gasteiger partial charge in [0.15, 0.2) is 0 Å². The van der Waals surface area contributed by atoms with Crippen molar-refractivity contribution in [2.75, 3.05) is 19.6 Å². The van der Waals surface area contributed by atoms with Gasteiger partial charge in [0.2, 0.25) is 0 Å². The van der Waals surface area contributed by atoms with Crippen molar-refractivity contribution in [3.8, 4) is 0 Å². The molecule has 2 aliphatic rings. The van der Waals surface area contributed by atoms with Crippen LogP contribution in [0.15, 0.2) is 0 Å². The molecule has 1 spiro atoms. The zero-order valence-electron chi connectivity index (χ0n) is 14.3. The monoisotopic (exact) mass is 280 g/mol. The lowest BCUT2D eigenvalue weighted by molar-refractivity contribution is 0.0373. The van der Waals surface area contributed by atoms with Gasteiger partial charge < -0.3 is 5.32 Å². The van der Waals surface area contributed by atoms with Crippen molar-refractivity contribution < 1.29 is 0 Å². The van der Waals surface area contributed by atoms with E-state index < -0.39 is 0 Å². The Balaban J connectivity index is 2.01. The number of nitrogens with one attached hydrogen (secondary N) is 1. The topological polar surface area (TPSA) is 15.3 Å². The molecule has 1 saturated heterocycles. The first-order chi connectivity index (χ1) is 9.54. The second kappa shape index (κ2) is 7.26. The summed E-state index contributed by atoms with van der Waals surface area (Å²) in [4.78, 5) is 2.84. The van der Waals surface area contributed by atoms with Crippen molar-refractivity contribution in [3.63, 3.8) is 0 Å². The van der Waals surface area contributed by atoms with E-state index in [9.17, 15) is 0 Å².